The van der Waals surface area contributed by atoms with E-state index in [1.54, 1.807) is 6.07 Å². The monoisotopic (exact) mass is 301 g/mol. The summed E-state index contributed by atoms with van der Waals surface area (Å²) in [5, 5.41) is 9.44. The van der Waals surface area contributed by atoms with Gasteiger partial charge in [-0.1, -0.05) is 43.6 Å². The second-order valence-electron chi connectivity index (χ2n) is 6.68. The zero-order valence-corrected chi connectivity index (χ0v) is 14.0. The largest absolute Gasteiger partial charge is 0.359 e. The summed E-state index contributed by atoms with van der Waals surface area (Å²) in [4.78, 5) is 12.1. The highest BCUT2D eigenvalue weighted by Crippen LogP contribution is 2.25. The number of anilines is 2. The van der Waals surface area contributed by atoms with E-state index in [2.05, 4.69) is 15.8 Å². The van der Waals surface area contributed by atoms with Crippen LogP contribution in [-0.4, -0.2) is 11.2 Å². The highest BCUT2D eigenvalue weighted by Gasteiger charge is 2.20. The zero-order chi connectivity index (χ0) is 16.5. The van der Waals surface area contributed by atoms with Crippen molar-refractivity contribution in [2.24, 2.45) is 0 Å². The highest BCUT2D eigenvalue weighted by molar-refractivity contribution is 6.00. The molecular weight excluding hydrogens is 278 g/mol. The minimum Gasteiger partial charge on any atom is -0.359 e. The quantitative estimate of drug-likeness (QED) is 0.855. The normalized spacial score (nSPS) is 11.4. The van der Waals surface area contributed by atoms with E-state index in [1.807, 2.05) is 53.7 Å². The van der Waals surface area contributed by atoms with Crippen LogP contribution in [0, 0.1) is 20.8 Å². The van der Waals surface area contributed by atoms with Gasteiger partial charge in [-0.25, -0.2) is 4.79 Å². The molecule has 0 saturated carbocycles. The second kappa shape index (κ2) is 5.83. The molecule has 0 unspecified atom stereocenters. The fourth-order valence-electron chi connectivity index (χ4n) is 2.33. The van der Waals surface area contributed by atoms with Gasteiger partial charge in [0.25, 0.3) is 0 Å². The van der Waals surface area contributed by atoms with Crippen LogP contribution in [0.2, 0.25) is 0 Å². The molecule has 0 radical (unpaired) electrons. The number of hydrogen-bond acceptors (Lipinski definition) is 3. The molecule has 0 aliphatic carbocycles. The maximum absolute atomic E-state index is 12.1. The van der Waals surface area contributed by atoms with Crippen LogP contribution < -0.4 is 10.6 Å². The summed E-state index contributed by atoms with van der Waals surface area (Å²) < 4.78 is 5.25. The number of carbonyl (C=O) groups excluding carboxylic acids is 1. The molecule has 1 aromatic heterocycles. The molecule has 2 amide bonds. The summed E-state index contributed by atoms with van der Waals surface area (Å²) in [5.74, 6) is 1.13. The molecule has 2 rings (SSSR count). The molecule has 1 aromatic carbocycles. The van der Waals surface area contributed by atoms with E-state index in [0.717, 1.165) is 22.6 Å². The lowest BCUT2D eigenvalue weighted by atomic mass is 9.93. The Kier molecular flexibility index (Phi) is 4.26. The lowest BCUT2D eigenvalue weighted by Gasteiger charge is -2.13. The predicted octanol–water partition coefficient (Wildman–Crippen LogP) is 4.54. The number of aromatic nitrogens is 1. The fraction of sp³-hybridized carbons (Fsp3) is 0.412. The molecule has 0 aliphatic heterocycles. The standard InChI is InChI=1S/C17H23N3O2/c1-10-7-11(2)15(12(3)8-10)19-16(21)18-14-9-13(22-20-14)17(4,5)6/h7-9H,1-6H3,(H2,18,19,20,21). The number of urea groups is 1. The molecule has 5 heteroatoms. The number of hydrogen-bond donors (Lipinski definition) is 2. The van der Waals surface area contributed by atoms with Gasteiger partial charge < -0.3 is 9.84 Å². The van der Waals surface area contributed by atoms with E-state index < -0.39 is 0 Å². The molecule has 0 bridgehead atoms. The third kappa shape index (κ3) is 3.67. The minimum absolute atomic E-state index is 0.145. The Labute approximate surface area is 131 Å². The van der Waals surface area contributed by atoms with Crippen LogP contribution in [0.15, 0.2) is 22.7 Å². The van der Waals surface area contributed by atoms with E-state index in [1.165, 1.54) is 5.56 Å². The summed E-state index contributed by atoms with van der Waals surface area (Å²) in [6, 6.07) is 5.49. The Morgan fingerprint density at radius 1 is 1.05 bits per heavy atom. The summed E-state index contributed by atoms with van der Waals surface area (Å²) in [6.45, 7) is 12.1. The van der Waals surface area contributed by atoms with Gasteiger partial charge in [-0.2, -0.15) is 0 Å². The lowest BCUT2D eigenvalue weighted by Crippen LogP contribution is -2.21. The van der Waals surface area contributed by atoms with E-state index in [-0.39, 0.29) is 11.4 Å². The molecule has 22 heavy (non-hydrogen) atoms. The maximum atomic E-state index is 12.1. The van der Waals surface area contributed by atoms with Gasteiger partial charge >= 0.3 is 6.03 Å². The van der Waals surface area contributed by atoms with Crippen LogP contribution in [0.4, 0.5) is 16.3 Å². The Hall–Kier alpha value is -2.30. The number of amides is 2. The minimum atomic E-state index is -0.330. The molecule has 0 aliphatic rings. The van der Waals surface area contributed by atoms with Gasteiger partial charge in [0.15, 0.2) is 5.82 Å². The van der Waals surface area contributed by atoms with Crippen molar-refractivity contribution in [3.05, 3.63) is 40.6 Å². The highest BCUT2D eigenvalue weighted by atomic mass is 16.5. The lowest BCUT2D eigenvalue weighted by molar-refractivity contribution is 0.261. The average molecular weight is 301 g/mol. The van der Waals surface area contributed by atoms with Crippen LogP contribution in [-0.2, 0) is 5.41 Å². The third-order valence-corrected chi connectivity index (χ3v) is 3.41. The summed E-state index contributed by atoms with van der Waals surface area (Å²) in [7, 11) is 0. The first-order chi connectivity index (χ1) is 10.2. The number of nitrogens with zero attached hydrogens (tertiary/aromatic N) is 1. The molecule has 1 heterocycles. The van der Waals surface area contributed by atoms with Crippen LogP contribution in [0.25, 0.3) is 0 Å². The van der Waals surface area contributed by atoms with Gasteiger partial charge in [0.1, 0.15) is 5.76 Å². The molecule has 0 saturated heterocycles. The summed E-state index contributed by atoms with van der Waals surface area (Å²) in [6.07, 6.45) is 0. The first kappa shape index (κ1) is 16.1. The van der Waals surface area contributed by atoms with Crippen molar-refractivity contribution in [3.63, 3.8) is 0 Å². The Morgan fingerprint density at radius 2 is 1.64 bits per heavy atom. The van der Waals surface area contributed by atoms with E-state index in [9.17, 15) is 4.79 Å². The van der Waals surface area contributed by atoms with Crippen LogP contribution >= 0.6 is 0 Å². The van der Waals surface area contributed by atoms with Crippen LogP contribution in [0.1, 0.15) is 43.2 Å². The number of benzene rings is 1. The second-order valence-corrected chi connectivity index (χ2v) is 6.68. The van der Waals surface area contributed by atoms with Crippen molar-refractivity contribution in [1.29, 1.82) is 0 Å². The molecule has 0 atom stereocenters. The van der Waals surface area contributed by atoms with Crippen LogP contribution in [0.5, 0.6) is 0 Å². The molecule has 118 valence electrons. The summed E-state index contributed by atoms with van der Waals surface area (Å²) >= 11 is 0. The van der Waals surface area contributed by atoms with Gasteiger partial charge in [-0.3, -0.25) is 5.32 Å². The van der Waals surface area contributed by atoms with Crippen molar-refractivity contribution in [3.8, 4) is 0 Å². The van der Waals surface area contributed by atoms with Crippen molar-refractivity contribution >= 4 is 17.5 Å². The van der Waals surface area contributed by atoms with Gasteiger partial charge in [-0.05, 0) is 31.9 Å². The molecule has 2 N–H and O–H groups in total. The SMILES string of the molecule is Cc1cc(C)c(NC(=O)Nc2cc(C(C)(C)C)on2)c(C)c1. The van der Waals surface area contributed by atoms with Gasteiger partial charge in [-0.15, -0.1) is 0 Å². The Bertz CT molecular complexity index is 673. The average Bonchev–Trinajstić information content (AvgIpc) is 2.82. The third-order valence-electron chi connectivity index (χ3n) is 3.41. The van der Waals surface area contributed by atoms with Gasteiger partial charge in [0, 0.05) is 17.2 Å². The molecule has 0 fully saturated rings. The first-order valence-corrected chi connectivity index (χ1v) is 7.30. The van der Waals surface area contributed by atoms with Crippen molar-refractivity contribution in [1.82, 2.24) is 5.16 Å². The van der Waals surface area contributed by atoms with Crippen molar-refractivity contribution in [2.75, 3.05) is 10.6 Å². The number of aryl methyl sites for hydroxylation is 3. The molecule has 5 nitrogen and oxygen atoms in total. The number of nitrogens with one attached hydrogen (secondary N) is 2. The van der Waals surface area contributed by atoms with Gasteiger partial charge in [0.2, 0.25) is 0 Å². The first-order valence-electron chi connectivity index (χ1n) is 7.30. The van der Waals surface area contributed by atoms with E-state index >= 15 is 0 Å². The van der Waals surface area contributed by atoms with Crippen LogP contribution in [0.3, 0.4) is 0 Å². The smallest absolute Gasteiger partial charge is 0.324 e. The fourth-order valence-corrected chi connectivity index (χ4v) is 2.33. The zero-order valence-electron chi connectivity index (χ0n) is 14.0. The number of carbonyl (C=O) groups is 1. The predicted molar refractivity (Wildman–Crippen MR) is 88.5 cm³/mol. The van der Waals surface area contributed by atoms with E-state index in [0.29, 0.717) is 5.82 Å². The van der Waals surface area contributed by atoms with Crippen molar-refractivity contribution in [2.45, 2.75) is 47.0 Å². The summed E-state index contributed by atoms with van der Waals surface area (Å²) in [5.41, 5.74) is 3.91. The molecular formula is C17H23N3O2. The topological polar surface area (TPSA) is 67.2 Å². The molecule has 0 spiro atoms. The Morgan fingerprint density at radius 3 is 2.14 bits per heavy atom. The molecule has 2 aromatic rings. The maximum Gasteiger partial charge on any atom is 0.324 e. The number of rotatable bonds is 2. The van der Waals surface area contributed by atoms with E-state index in [4.69, 9.17) is 4.52 Å². The van der Waals surface area contributed by atoms with Gasteiger partial charge in [0.05, 0.1) is 0 Å². The Balaban J connectivity index is 2.09. The van der Waals surface area contributed by atoms with Crippen molar-refractivity contribution < 1.29 is 9.32 Å².